The third kappa shape index (κ3) is 10.2. The van der Waals surface area contributed by atoms with E-state index in [1.165, 1.54) is 31.1 Å². The van der Waals surface area contributed by atoms with Gasteiger partial charge >= 0.3 is 12.1 Å². The first-order chi connectivity index (χ1) is 29.8. The number of nitrogens with zero attached hydrogens (tertiary/aromatic N) is 1. The molecule has 3 aliphatic heterocycles. The Balaban J connectivity index is 0.000000242. The molecule has 4 N–H and O–H groups in total. The van der Waals surface area contributed by atoms with Gasteiger partial charge < -0.3 is 40.2 Å². The summed E-state index contributed by atoms with van der Waals surface area (Å²) in [6.45, 7) is 8.72. The lowest BCUT2D eigenvalue weighted by atomic mass is 9.87. The van der Waals surface area contributed by atoms with Crippen LogP contribution >= 0.6 is 0 Å². The summed E-state index contributed by atoms with van der Waals surface area (Å²) in [5.74, 6) is -5.79. The number of carboxylic acids is 1. The third-order valence-corrected chi connectivity index (χ3v) is 11.4. The SMILES string of the molecule is CNC(=O)c1cc(C(=O)NCCC2CN(C(=O)OC(C)(C)C)CCC2(F)F)cc2c1O[C@@H](C)[C@@H]2c1ccccc1.CNC(=O)c1cc(C(=O)O)cc2c1O[C@@H](C)[C@@H]2c1ccccc1. The number of amides is 4. The van der Waals surface area contributed by atoms with E-state index in [2.05, 4.69) is 16.0 Å². The summed E-state index contributed by atoms with van der Waals surface area (Å²) in [5.41, 5.74) is 3.57. The first-order valence-corrected chi connectivity index (χ1v) is 20.9. The number of halogens is 2. The molecule has 334 valence electrons. The highest BCUT2D eigenvalue weighted by Crippen LogP contribution is 2.46. The summed E-state index contributed by atoms with van der Waals surface area (Å²) in [6.07, 6.45) is -1.57. The van der Waals surface area contributed by atoms with Crippen molar-refractivity contribution in [1.82, 2.24) is 20.9 Å². The number of hydrogen-bond donors (Lipinski definition) is 4. The maximum atomic E-state index is 14.7. The van der Waals surface area contributed by atoms with Crippen molar-refractivity contribution in [3.05, 3.63) is 129 Å². The van der Waals surface area contributed by atoms with Crippen LogP contribution in [0.4, 0.5) is 13.6 Å². The van der Waals surface area contributed by atoms with Crippen LogP contribution in [-0.4, -0.2) is 97.3 Å². The summed E-state index contributed by atoms with van der Waals surface area (Å²) in [7, 11) is 3.01. The van der Waals surface area contributed by atoms with Gasteiger partial charge in [0.1, 0.15) is 29.3 Å². The van der Waals surface area contributed by atoms with Crippen molar-refractivity contribution in [1.29, 1.82) is 0 Å². The normalized spacial score (nSPS) is 20.7. The third-order valence-electron chi connectivity index (χ3n) is 11.4. The molecule has 3 heterocycles. The average molecular weight is 869 g/mol. The van der Waals surface area contributed by atoms with Crippen molar-refractivity contribution in [3.8, 4) is 11.5 Å². The zero-order valence-corrected chi connectivity index (χ0v) is 36.4. The fourth-order valence-electron chi connectivity index (χ4n) is 8.36. The van der Waals surface area contributed by atoms with Crippen LogP contribution in [0.1, 0.15) is 123 Å². The smallest absolute Gasteiger partial charge is 0.410 e. The molecule has 0 aromatic heterocycles. The molecular formula is C48H54F2N4O9. The summed E-state index contributed by atoms with van der Waals surface area (Å²) >= 11 is 0. The molecule has 0 bridgehead atoms. The Morgan fingerprint density at radius 2 is 1.24 bits per heavy atom. The summed E-state index contributed by atoms with van der Waals surface area (Å²) in [6, 6.07) is 25.6. The number of nitrogens with one attached hydrogen (secondary N) is 3. The number of hydrogen-bond acceptors (Lipinski definition) is 8. The van der Waals surface area contributed by atoms with Crippen molar-refractivity contribution in [2.24, 2.45) is 5.92 Å². The van der Waals surface area contributed by atoms with Crippen LogP contribution in [0, 0.1) is 5.92 Å². The van der Waals surface area contributed by atoms with Gasteiger partial charge in [0, 0.05) is 74.6 Å². The van der Waals surface area contributed by atoms with Crippen LogP contribution in [0.3, 0.4) is 0 Å². The van der Waals surface area contributed by atoms with E-state index in [0.717, 1.165) is 22.3 Å². The van der Waals surface area contributed by atoms with E-state index in [9.17, 15) is 37.9 Å². The highest BCUT2D eigenvalue weighted by atomic mass is 19.3. The number of rotatable bonds is 9. The van der Waals surface area contributed by atoms with E-state index in [-0.39, 0.29) is 78.3 Å². The largest absolute Gasteiger partial charge is 0.489 e. The molecule has 1 fully saturated rings. The number of aromatic carboxylic acids is 1. The molecule has 15 heteroatoms. The molecule has 7 rings (SSSR count). The van der Waals surface area contributed by atoms with Crippen LogP contribution < -0.4 is 25.4 Å². The van der Waals surface area contributed by atoms with Gasteiger partial charge in [-0.15, -0.1) is 0 Å². The Labute approximate surface area is 365 Å². The maximum Gasteiger partial charge on any atom is 0.410 e. The van der Waals surface area contributed by atoms with Crippen molar-refractivity contribution in [2.75, 3.05) is 33.7 Å². The van der Waals surface area contributed by atoms with Crippen LogP contribution in [0.5, 0.6) is 11.5 Å². The van der Waals surface area contributed by atoms with Gasteiger partial charge in [0.05, 0.1) is 16.7 Å². The second-order valence-electron chi connectivity index (χ2n) is 16.9. The maximum absolute atomic E-state index is 14.7. The van der Waals surface area contributed by atoms with Gasteiger partial charge in [-0.25, -0.2) is 18.4 Å². The molecule has 63 heavy (non-hydrogen) atoms. The first kappa shape index (κ1) is 46.0. The molecule has 4 amide bonds. The molecule has 0 saturated carbocycles. The van der Waals surface area contributed by atoms with E-state index in [1.54, 1.807) is 32.9 Å². The summed E-state index contributed by atoms with van der Waals surface area (Å²) in [5, 5.41) is 17.2. The number of piperidine rings is 1. The fraction of sp³-hybridized carbons (Fsp3) is 0.396. The zero-order chi connectivity index (χ0) is 45.8. The van der Waals surface area contributed by atoms with E-state index in [4.69, 9.17) is 14.2 Å². The van der Waals surface area contributed by atoms with Gasteiger partial charge in [-0.1, -0.05) is 60.7 Å². The van der Waals surface area contributed by atoms with Crippen LogP contribution in [-0.2, 0) is 4.74 Å². The van der Waals surface area contributed by atoms with Gasteiger partial charge in [-0.3, -0.25) is 14.4 Å². The number of alkyl halides is 2. The number of benzene rings is 4. The number of likely N-dealkylation sites (tertiary alicyclic amines) is 1. The zero-order valence-electron chi connectivity index (χ0n) is 36.4. The van der Waals surface area contributed by atoms with E-state index in [1.807, 2.05) is 74.5 Å². The lowest BCUT2D eigenvalue weighted by Gasteiger charge is -2.38. The number of carbonyl (C=O) groups excluding carboxylic acids is 4. The Morgan fingerprint density at radius 1 is 0.762 bits per heavy atom. The molecular weight excluding hydrogens is 815 g/mol. The lowest BCUT2D eigenvalue weighted by Crippen LogP contribution is -2.51. The van der Waals surface area contributed by atoms with E-state index >= 15 is 0 Å². The molecule has 0 radical (unpaired) electrons. The van der Waals surface area contributed by atoms with Crippen molar-refractivity contribution in [3.63, 3.8) is 0 Å². The van der Waals surface area contributed by atoms with Crippen LogP contribution in [0.2, 0.25) is 0 Å². The highest BCUT2D eigenvalue weighted by Gasteiger charge is 2.46. The minimum Gasteiger partial charge on any atom is -0.489 e. The minimum absolute atomic E-state index is 0.0251. The van der Waals surface area contributed by atoms with Crippen molar-refractivity contribution in [2.45, 2.75) is 83.0 Å². The number of fused-ring (bicyclic) bond motifs is 2. The van der Waals surface area contributed by atoms with Gasteiger partial charge in [0.25, 0.3) is 23.6 Å². The van der Waals surface area contributed by atoms with Gasteiger partial charge in [-0.05, 0) is 76.4 Å². The minimum atomic E-state index is -2.97. The molecule has 1 saturated heterocycles. The van der Waals surface area contributed by atoms with E-state index in [0.29, 0.717) is 11.5 Å². The second kappa shape index (κ2) is 18.9. The standard InChI is InChI=1S/C30H37F2N3O5.C18H17NO4/c1-18-24(19-9-7-6-8-10-19)22-15-20(16-23(25(22)39-18)27(37)33-5)26(36)34-13-11-21-17-35(14-12-30(21,31)32)28(38)40-29(2,3)4;1-10-15(11-6-4-3-5-7-11)13-8-12(18(21)22)9-14(16(13)23-10)17(20)19-2/h6-10,15-16,18,21,24H,11-14,17H2,1-5H3,(H,33,37)(H,34,36);3-10,15H,1-2H3,(H,19,20)(H,21,22)/t18-,21?,24+;10-,15+/m00/s1. The average Bonchev–Trinajstić information content (AvgIpc) is 3.77. The Kier molecular flexibility index (Phi) is 13.8. The van der Waals surface area contributed by atoms with Crippen LogP contribution in [0.25, 0.3) is 0 Å². The quantitative estimate of drug-likeness (QED) is 0.132. The number of carbonyl (C=O) groups is 5. The highest BCUT2D eigenvalue weighted by molar-refractivity contribution is 6.03. The molecule has 4 aromatic carbocycles. The van der Waals surface area contributed by atoms with Gasteiger partial charge in [0.15, 0.2) is 0 Å². The Hall–Kier alpha value is -6.51. The molecule has 13 nitrogen and oxygen atoms in total. The topological polar surface area (TPSA) is 173 Å². The Bertz CT molecular complexity index is 2350. The number of carboxylic acid groups (broad SMARTS) is 1. The van der Waals surface area contributed by atoms with Gasteiger partial charge in [0.2, 0.25) is 0 Å². The number of ether oxygens (including phenoxy) is 3. The molecule has 5 atom stereocenters. The van der Waals surface area contributed by atoms with Gasteiger partial charge in [-0.2, -0.15) is 0 Å². The molecule has 3 aliphatic rings. The first-order valence-electron chi connectivity index (χ1n) is 20.9. The van der Waals surface area contributed by atoms with Crippen LogP contribution in [0.15, 0.2) is 84.9 Å². The van der Waals surface area contributed by atoms with Crippen molar-refractivity contribution >= 4 is 29.8 Å². The molecule has 4 aromatic rings. The fourth-order valence-corrected chi connectivity index (χ4v) is 8.36. The molecule has 0 aliphatic carbocycles. The second-order valence-corrected chi connectivity index (χ2v) is 16.9. The molecule has 1 unspecified atom stereocenters. The predicted molar refractivity (Wildman–Crippen MR) is 231 cm³/mol. The van der Waals surface area contributed by atoms with Crippen molar-refractivity contribution < 1.29 is 52.1 Å². The Morgan fingerprint density at radius 3 is 1.70 bits per heavy atom. The monoisotopic (exact) mass is 868 g/mol. The lowest BCUT2D eigenvalue weighted by molar-refractivity contribution is -0.107. The predicted octanol–water partition coefficient (Wildman–Crippen LogP) is 7.63. The molecule has 0 spiro atoms. The summed E-state index contributed by atoms with van der Waals surface area (Å²) in [4.78, 5) is 63.2. The van der Waals surface area contributed by atoms with E-state index < -0.39 is 47.7 Å². The summed E-state index contributed by atoms with van der Waals surface area (Å²) < 4.78 is 46.8.